The molecule has 80 valence electrons. The lowest BCUT2D eigenvalue weighted by atomic mass is 10.0. The van der Waals surface area contributed by atoms with Crippen LogP contribution in [-0.2, 0) is 6.42 Å². The first-order valence-electron chi connectivity index (χ1n) is 4.93. The first kappa shape index (κ1) is 9.03. The molecule has 1 aliphatic heterocycles. The van der Waals surface area contributed by atoms with Crippen molar-refractivity contribution in [3.63, 3.8) is 0 Å². The minimum absolute atomic E-state index is 0.120. The molecule has 0 fully saturated rings. The number of hydrogen-bond donors (Lipinski definition) is 2. The van der Waals surface area contributed by atoms with Crippen LogP contribution in [0.2, 0.25) is 0 Å². The lowest BCUT2D eigenvalue weighted by molar-refractivity contribution is 0.0696. The van der Waals surface area contributed by atoms with Crippen LogP contribution in [0.4, 0.5) is 0 Å². The highest BCUT2D eigenvalue weighted by Crippen LogP contribution is 2.36. The van der Waals surface area contributed by atoms with Gasteiger partial charge in [0.2, 0.25) is 0 Å². The number of phenols is 1. The van der Waals surface area contributed by atoms with Crippen LogP contribution >= 0.6 is 0 Å². The number of benzene rings is 1. The maximum Gasteiger partial charge on any atom is 0.336 e. The third-order valence-electron chi connectivity index (χ3n) is 2.92. The molecular formula is C12H9NO3. The van der Waals surface area contributed by atoms with Crippen LogP contribution in [0.25, 0.3) is 5.69 Å². The molecule has 2 heterocycles. The Hall–Kier alpha value is -2.23. The van der Waals surface area contributed by atoms with Crippen molar-refractivity contribution in [2.45, 2.75) is 6.42 Å². The van der Waals surface area contributed by atoms with Gasteiger partial charge in [0, 0.05) is 23.9 Å². The topological polar surface area (TPSA) is 62.5 Å². The molecule has 0 radical (unpaired) electrons. The normalized spacial score (nSPS) is 12.2. The van der Waals surface area contributed by atoms with E-state index in [9.17, 15) is 9.90 Å². The van der Waals surface area contributed by atoms with Crippen molar-refractivity contribution in [3.8, 4) is 11.4 Å². The van der Waals surface area contributed by atoms with E-state index in [2.05, 4.69) is 0 Å². The molecule has 2 aromatic rings. The number of carbonyl (C=O) groups is 1. The van der Waals surface area contributed by atoms with Gasteiger partial charge in [-0.05, 0) is 24.3 Å². The number of phenolic OH excluding ortho intramolecular Hbond substituents is 1. The molecule has 0 atom stereocenters. The van der Waals surface area contributed by atoms with Crippen LogP contribution in [0.1, 0.15) is 21.6 Å². The van der Waals surface area contributed by atoms with Gasteiger partial charge in [0.1, 0.15) is 5.75 Å². The second-order valence-electron chi connectivity index (χ2n) is 3.81. The summed E-state index contributed by atoms with van der Waals surface area (Å²) >= 11 is 0. The molecule has 4 nitrogen and oxygen atoms in total. The average molecular weight is 215 g/mol. The second-order valence-corrected chi connectivity index (χ2v) is 3.81. The van der Waals surface area contributed by atoms with Gasteiger partial charge in [-0.15, -0.1) is 0 Å². The first-order valence-corrected chi connectivity index (χ1v) is 4.93. The van der Waals surface area contributed by atoms with Gasteiger partial charge in [-0.25, -0.2) is 4.79 Å². The molecule has 1 aromatic carbocycles. The lowest BCUT2D eigenvalue weighted by Crippen LogP contribution is -2.02. The molecule has 0 saturated heterocycles. The molecule has 0 spiro atoms. The van der Waals surface area contributed by atoms with Crippen LogP contribution < -0.4 is 0 Å². The zero-order valence-electron chi connectivity index (χ0n) is 8.34. The summed E-state index contributed by atoms with van der Waals surface area (Å²) in [5, 5.41) is 18.9. The Labute approximate surface area is 91.4 Å². The maximum atomic E-state index is 11.1. The molecule has 0 amide bonds. The van der Waals surface area contributed by atoms with Crippen molar-refractivity contribution in [1.82, 2.24) is 4.57 Å². The monoisotopic (exact) mass is 215 g/mol. The van der Waals surface area contributed by atoms with E-state index >= 15 is 0 Å². The van der Waals surface area contributed by atoms with Gasteiger partial charge in [-0.3, -0.25) is 0 Å². The highest BCUT2D eigenvalue weighted by molar-refractivity contribution is 5.92. The van der Waals surface area contributed by atoms with Gasteiger partial charge >= 0.3 is 5.97 Å². The highest BCUT2D eigenvalue weighted by atomic mass is 16.4. The summed E-state index contributed by atoms with van der Waals surface area (Å²) in [7, 11) is 0. The average Bonchev–Trinajstić information content (AvgIpc) is 2.76. The number of aromatic nitrogens is 1. The van der Waals surface area contributed by atoms with Crippen molar-refractivity contribution < 1.29 is 15.0 Å². The fourth-order valence-corrected chi connectivity index (χ4v) is 2.23. The van der Waals surface area contributed by atoms with Gasteiger partial charge in [0.05, 0.1) is 11.3 Å². The summed E-state index contributed by atoms with van der Waals surface area (Å²) in [5.41, 5.74) is 2.54. The maximum absolute atomic E-state index is 11.1. The number of aromatic carboxylic acids is 1. The third-order valence-corrected chi connectivity index (χ3v) is 2.92. The van der Waals surface area contributed by atoms with E-state index in [-0.39, 0.29) is 11.3 Å². The van der Waals surface area contributed by atoms with Crippen LogP contribution in [0.3, 0.4) is 0 Å². The molecule has 0 bridgehead atoms. The van der Waals surface area contributed by atoms with Gasteiger partial charge in [0.25, 0.3) is 0 Å². The third kappa shape index (κ3) is 1.01. The highest BCUT2D eigenvalue weighted by Gasteiger charge is 2.25. The van der Waals surface area contributed by atoms with Gasteiger partial charge in [-0.2, -0.15) is 0 Å². The summed E-state index contributed by atoms with van der Waals surface area (Å²) in [6.45, 7) is 0. The Balaban J connectivity index is 2.33. The minimum Gasteiger partial charge on any atom is -0.506 e. The van der Waals surface area contributed by atoms with Crippen molar-refractivity contribution >= 4 is 5.97 Å². The second kappa shape index (κ2) is 2.88. The number of carboxylic acid groups (broad SMARTS) is 1. The molecular weight excluding hydrogens is 206 g/mol. The van der Waals surface area contributed by atoms with E-state index in [1.165, 1.54) is 12.1 Å². The predicted molar refractivity (Wildman–Crippen MR) is 57.2 cm³/mol. The SMILES string of the molecule is O=C(O)c1ccc(O)c2c1Cc1cccn1-2. The zero-order valence-corrected chi connectivity index (χ0v) is 8.34. The summed E-state index contributed by atoms with van der Waals surface area (Å²) in [4.78, 5) is 11.1. The van der Waals surface area contributed by atoms with E-state index in [1.54, 1.807) is 0 Å². The Morgan fingerprint density at radius 1 is 1.31 bits per heavy atom. The van der Waals surface area contributed by atoms with E-state index in [0.29, 0.717) is 17.7 Å². The van der Waals surface area contributed by atoms with Crippen molar-refractivity contribution in [2.24, 2.45) is 0 Å². The molecule has 2 N–H and O–H groups in total. The Morgan fingerprint density at radius 3 is 2.88 bits per heavy atom. The molecule has 0 aliphatic carbocycles. The Bertz CT molecular complexity index is 598. The largest absolute Gasteiger partial charge is 0.506 e. The van der Waals surface area contributed by atoms with Crippen molar-refractivity contribution in [1.29, 1.82) is 0 Å². The number of nitrogens with zero attached hydrogens (tertiary/aromatic N) is 1. The standard InChI is InChI=1S/C12H9NO3/c14-10-4-3-8(12(15)16)9-6-7-2-1-5-13(7)11(9)10/h1-5,14H,6H2,(H,15,16). The fraction of sp³-hybridized carbons (Fsp3) is 0.0833. The quantitative estimate of drug-likeness (QED) is 0.650. The number of hydrogen-bond acceptors (Lipinski definition) is 2. The Kier molecular flexibility index (Phi) is 1.63. The molecule has 1 aromatic heterocycles. The van der Waals surface area contributed by atoms with E-state index < -0.39 is 5.97 Å². The Morgan fingerprint density at radius 2 is 2.12 bits per heavy atom. The minimum atomic E-state index is -0.956. The van der Waals surface area contributed by atoms with Crippen LogP contribution in [-0.4, -0.2) is 20.7 Å². The van der Waals surface area contributed by atoms with E-state index in [4.69, 9.17) is 5.11 Å². The number of rotatable bonds is 1. The molecule has 4 heteroatoms. The lowest BCUT2D eigenvalue weighted by Gasteiger charge is -2.07. The van der Waals surface area contributed by atoms with E-state index in [0.717, 1.165) is 5.69 Å². The first-order chi connectivity index (χ1) is 7.68. The van der Waals surface area contributed by atoms with Crippen molar-refractivity contribution in [3.05, 3.63) is 47.3 Å². The number of aromatic hydroxyl groups is 1. The van der Waals surface area contributed by atoms with E-state index in [1.807, 2.05) is 22.9 Å². The summed E-state index contributed by atoms with van der Waals surface area (Å²) < 4.78 is 1.83. The molecule has 1 aliphatic rings. The summed E-state index contributed by atoms with van der Waals surface area (Å²) in [5.74, 6) is -0.836. The van der Waals surface area contributed by atoms with Gasteiger partial charge in [0.15, 0.2) is 0 Å². The molecule has 0 saturated carbocycles. The summed E-state index contributed by atoms with van der Waals surface area (Å²) in [6.07, 6.45) is 2.38. The zero-order chi connectivity index (χ0) is 11.3. The van der Waals surface area contributed by atoms with Gasteiger partial charge < -0.3 is 14.8 Å². The van der Waals surface area contributed by atoms with Crippen LogP contribution in [0.15, 0.2) is 30.5 Å². The predicted octanol–water partition coefficient (Wildman–Crippen LogP) is 1.79. The van der Waals surface area contributed by atoms with Gasteiger partial charge in [-0.1, -0.05) is 0 Å². The van der Waals surface area contributed by atoms with Crippen LogP contribution in [0.5, 0.6) is 5.75 Å². The summed E-state index contributed by atoms with van der Waals surface area (Å²) in [6, 6.07) is 6.68. The molecule has 16 heavy (non-hydrogen) atoms. The smallest absolute Gasteiger partial charge is 0.336 e. The molecule has 0 unspecified atom stereocenters. The molecule has 3 rings (SSSR count). The fourth-order valence-electron chi connectivity index (χ4n) is 2.23. The number of carboxylic acids is 1. The van der Waals surface area contributed by atoms with Crippen molar-refractivity contribution in [2.75, 3.05) is 0 Å². The van der Waals surface area contributed by atoms with Crippen LogP contribution in [0, 0.1) is 0 Å². The number of fused-ring (bicyclic) bond motifs is 3.